The zero-order valence-corrected chi connectivity index (χ0v) is 15.6. The van der Waals surface area contributed by atoms with Crippen LogP contribution in [0.1, 0.15) is 25.5 Å². The van der Waals surface area contributed by atoms with Gasteiger partial charge in [0.05, 0.1) is 0 Å². The predicted octanol–water partition coefficient (Wildman–Crippen LogP) is 4.90. The fourth-order valence-corrected chi connectivity index (χ4v) is 5.66. The van der Waals surface area contributed by atoms with Crippen molar-refractivity contribution in [1.29, 1.82) is 0 Å². The summed E-state index contributed by atoms with van der Waals surface area (Å²) in [5.41, 5.74) is 1.16. The van der Waals surface area contributed by atoms with Crippen LogP contribution in [0.3, 0.4) is 0 Å². The van der Waals surface area contributed by atoms with E-state index in [1.165, 1.54) is 0 Å². The third kappa shape index (κ3) is 3.92. The maximum Gasteiger partial charge on any atom is 0.205 e. The Bertz CT molecular complexity index is 788. The molecule has 0 aliphatic rings. The molecule has 0 heterocycles. The van der Waals surface area contributed by atoms with E-state index in [9.17, 15) is 4.57 Å². The van der Waals surface area contributed by atoms with Crippen LogP contribution in [-0.2, 0) is 4.57 Å². The van der Waals surface area contributed by atoms with Gasteiger partial charge in [-0.2, -0.15) is 0 Å². The molecular weight excluding hydrogens is 325 g/mol. The van der Waals surface area contributed by atoms with Crippen molar-refractivity contribution in [1.82, 2.24) is 5.09 Å². The number of nitrogens with one attached hydrogen (secondary N) is 1. The largest absolute Gasteiger partial charge is 0.297 e. The minimum Gasteiger partial charge on any atom is -0.297 e. The molecule has 1 N–H and O–H groups in total. The summed E-state index contributed by atoms with van der Waals surface area (Å²) in [4.78, 5) is 0. The molecule has 3 aromatic carbocycles. The van der Waals surface area contributed by atoms with Crippen molar-refractivity contribution < 1.29 is 4.57 Å². The van der Waals surface area contributed by atoms with E-state index >= 15 is 0 Å². The monoisotopic (exact) mass is 349 g/mol. The van der Waals surface area contributed by atoms with Crippen LogP contribution in [0.2, 0.25) is 0 Å². The fourth-order valence-electron chi connectivity index (χ4n) is 3.04. The third-order valence-electron chi connectivity index (χ3n) is 4.39. The minimum atomic E-state index is -2.95. The van der Waals surface area contributed by atoms with Crippen LogP contribution in [0.15, 0.2) is 91.0 Å². The molecule has 0 amide bonds. The lowest BCUT2D eigenvalue weighted by Crippen LogP contribution is -2.32. The van der Waals surface area contributed by atoms with Gasteiger partial charge >= 0.3 is 0 Å². The predicted molar refractivity (Wildman–Crippen MR) is 107 cm³/mol. The van der Waals surface area contributed by atoms with Crippen LogP contribution >= 0.6 is 7.29 Å². The van der Waals surface area contributed by atoms with Gasteiger partial charge in [-0.1, -0.05) is 80.6 Å². The van der Waals surface area contributed by atoms with Crippen molar-refractivity contribution in [2.45, 2.75) is 19.9 Å². The van der Waals surface area contributed by atoms with Crippen LogP contribution in [0.25, 0.3) is 0 Å². The molecule has 0 bridgehead atoms. The lowest BCUT2D eigenvalue weighted by Gasteiger charge is -2.29. The highest BCUT2D eigenvalue weighted by Gasteiger charge is 2.31. The van der Waals surface area contributed by atoms with Gasteiger partial charge in [-0.25, -0.2) is 0 Å². The zero-order valence-electron chi connectivity index (χ0n) is 14.7. The topological polar surface area (TPSA) is 29.1 Å². The molecule has 3 rings (SSSR count). The number of hydrogen-bond donors (Lipinski definition) is 1. The maximum atomic E-state index is 14.2. The summed E-state index contributed by atoms with van der Waals surface area (Å²) < 4.78 is 14.2. The van der Waals surface area contributed by atoms with Crippen LogP contribution in [0.5, 0.6) is 0 Å². The average Bonchev–Trinajstić information content (AvgIpc) is 2.68. The second-order valence-electron chi connectivity index (χ2n) is 6.54. The summed E-state index contributed by atoms with van der Waals surface area (Å²) in [5, 5.41) is 5.21. The molecule has 25 heavy (non-hydrogen) atoms. The van der Waals surface area contributed by atoms with Gasteiger partial charge in [0.1, 0.15) is 0 Å². The summed E-state index contributed by atoms with van der Waals surface area (Å²) in [6, 6.07) is 29.7. The molecule has 0 saturated carbocycles. The van der Waals surface area contributed by atoms with Crippen LogP contribution < -0.4 is 15.7 Å². The number of hydrogen-bond acceptors (Lipinski definition) is 1. The first kappa shape index (κ1) is 17.7. The van der Waals surface area contributed by atoms with Crippen molar-refractivity contribution in [2.24, 2.45) is 5.92 Å². The Hall–Kier alpha value is -2.15. The number of benzene rings is 3. The van der Waals surface area contributed by atoms with E-state index in [0.717, 1.165) is 16.2 Å². The lowest BCUT2D eigenvalue weighted by atomic mass is 9.97. The Morgan fingerprint density at radius 2 is 1.08 bits per heavy atom. The highest BCUT2D eigenvalue weighted by molar-refractivity contribution is 7.76. The molecule has 3 aromatic rings. The SMILES string of the molecule is CC(C)C(NP(=O)(c1ccccc1)c1ccccc1)c1ccccc1. The van der Waals surface area contributed by atoms with Crippen molar-refractivity contribution in [3.63, 3.8) is 0 Å². The van der Waals surface area contributed by atoms with E-state index in [2.05, 4.69) is 31.1 Å². The van der Waals surface area contributed by atoms with Crippen molar-refractivity contribution in [3.05, 3.63) is 96.6 Å². The molecule has 3 heteroatoms. The first-order chi connectivity index (χ1) is 12.1. The maximum absolute atomic E-state index is 14.2. The Balaban J connectivity index is 2.08. The first-order valence-electron chi connectivity index (χ1n) is 8.65. The van der Waals surface area contributed by atoms with Gasteiger partial charge < -0.3 is 0 Å². The third-order valence-corrected chi connectivity index (χ3v) is 7.08. The second kappa shape index (κ2) is 7.82. The van der Waals surface area contributed by atoms with Gasteiger partial charge in [-0.15, -0.1) is 0 Å². The van der Waals surface area contributed by atoms with Gasteiger partial charge in [0, 0.05) is 16.7 Å². The van der Waals surface area contributed by atoms with Gasteiger partial charge in [0.25, 0.3) is 0 Å². The van der Waals surface area contributed by atoms with E-state index in [0.29, 0.717) is 5.92 Å². The molecular formula is C22H24NOP. The molecule has 0 fully saturated rings. The van der Waals surface area contributed by atoms with Gasteiger partial charge in [0.2, 0.25) is 7.29 Å². The molecule has 2 nitrogen and oxygen atoms in total. The van der Waals surface area contributed by atoms with E-state index in [1.54, 1.807) is 0 Å². The zero-order chi connectivity index (χ0) is 17.7. The van der Waals surface area contributed by atoms with Gasteiger partial charge in [-0.05, 0) is 35.7 Å². The van der Waals surface area contributed by atoms with E-state index < -0.39 is 7.29 Å². The summed E-state index contributed by atoms with van der Waals surface area (Å²) in [5.74, 6) is 0.308. The summed E-state index contributed by atoms with van der Waals surface area (Å²) >= 11 is 0. The van der Waals surface area contributed by atoms with Crippen LogP contribution in [0.4, 0.5) is 0 Å². The molecule has 0 aromatic heterocycles. The summed E-state index contributed by atoms with van der Waals surface area (Å²) in [6.07, 6.45) is 0. The summed E-state index contributed by atoms with van der Waals surface area (Å²) in [7, 11) is -2.95. The smallest absolute Gasteiger partial charge is 0.205 e. The minimum absolute atomic E-state index is 0.00689. The molecule has 0 aliphatic heterocycles. The highest BCUT2D eigenvalue weighted by atomic mass is 31.2. The molecule has 0 spiro atoms. The van der Waals surface area contributed by atoms with Crippen molar-refractivity contribution in [2.75, 3.05) is 0 Å². The molecule has 1 atom stereocenters. The lowest BCUT2D eigenvalue weighted by molar-refractivity contribution is 0.468. The highest BCUT2D eigenvalue weighted by Crippen LogP contribution is 2.43. The molecule has 0 aliphatic carbocycles. The van der Waals surface area contributed by atoms with Crippen LogP contribution in [-0.4, -0.2) is 0 Å². The summed E-state index contributed by atoms with van der Waals surface area (Å²) in [6.45, 7) is 4.32. The quantitative estimate of drug-likeness (QED) is 0.641. The Labute approximate surface area is 150 Å². The van der Waals surface area contributed by atoms with Gasteiger partial charge in [-0.3, -0.25) is 9.65 Å². The second-order valence-corrected chi connectivity index (χ2v) is 9.05. The van der Waals surface area contributed by atoms with E-state index in [1.807, 2.05) is 78.9 Å². The standard InChI is InChI=1S/C22H24NOP/c1-18(2)22(19-12-6-3-7-13-19)23-25(24,20-14-8-4-9-15-20)21-16-10-5-11-17-21/h3-18,22H,1-2H3,(H,23,24). The normalized spacial score (nSPS) is 12.9. The van der Waals surface area contributed by atoms with Gasteiger partial charge in [0.15, 0.2) is 0 Å². The molecule has 0 radical (unpaired) electrons. The first-order valence-corrected chi connectivity index (χ1v) is 10.4. The van der Waals surface area contributed by atoms with Crippen molar-refractivity contribution >= 4 is 17.9 Å². The fraction of sp³-hybridized carbons (Fsp3) is 0.182. The molecule has 128 valence electrons. The van der Waals surface area contributed by atoms with E-state index in [-0.39, 0.29) is 6.04 Å². The number of rotatable bonds is 6. The molecule has 0 saturated heterocycles. The Kier molecular flexibility index (Phi) is 5.53. The van der Waals surface area contributed by atoms with Crippen LogP contribution in [0, 0.1) is 5.92 Å². The molecule has 1 unspecified atom stereocenters. The van der Waals surface area contributed by atoms with E-state index in [4.69, 9.17) is 0 Å². The van der Waals surface area contributed by atoms with Crippen molar-refractivity contribution in [3.8, 4) is 0 Å². The Morgan fingerprint density at radius 1 is 0.680 bits per heavy atom. The average molecular weight is 349 g/mol. The Morgan fingerprint density at radius 3 is 1.48 bits per heavy atom.